The summed E-state index contributed by atoms with van der Waals surface area (Å²) in [6.45, 7) is 7.41. The van der Waals surface area contributed by atoms with Crippen LogP contribution >= 0.6 is 0 Å². The molecule has 3 N–H and O–H groups in total. The predicted octanol–water partition coefficient (Wildman–Crippen LogP) is 0.935. The van der Waals surface area contributed by atoms with Crippen LogP contribution in [0.5, 0.6) is 5.75 Å². The Morgan fingerprint density at radius 3 is 2.06 bits per heavy atom. The molecule has 0 fully saturated rings. The molecule has 1 radical (unpaired) electrons. The third-order valence-electron chi connectivity index (χ3n) is 2.89. The van der Waals surface area contributed by atoms with Gasteiger partial charge in [0.2, 0.25) is 0 Å². The molecule has 4 heteroatoms. The molecule has 3 nitrogen and oxygen atoms in total. The fourth-order valence-corrected chi connectivity index (χ4v) is 0.916. The second-order valence-corrected chi connectivity index (χ2v) is 4.96. The van der Waals surface area contributed by atoms with Crippen molar-refractivity contribution >= 4 is 12.9 Å². The van der Waals surface area contributed by atoms with Crippen LogP contribution < -0.4 is 5.46 Å². The van der Waals surface area contributed by atoms with Gasteiger partial charge in [-0.2, -0.15) is 0 Å². The van der Waals surface area contributed by atoms with E-state index < -0.39 is 11.2 Å². The maximum Gasteiger partial charge on any atom is 0.331 e. The maximum atomic E-state index is 9.13. The van der Waals surface area contributed by atoms with Crippen molar-refractivity contribution in [2.75, 3.05) is 0 Å². The van der Waals surface area contributed by atoms with Crippen molar-refractivity contribution in [2.24, 2.45) is 0 Å². The molecule has 1 rings (SSSR count). The number of aromatic hydroxyl groups is 1. The van der Waals surface area contributed by atoms with Crippen molar-refractivity contribution in [1.29, 1.82) is 0 Å². The standard InChI is InChI=1S/C12H18BO3/c1-11(2,15)12(3,4)16-13-9-5-7-10(14)8-6-9/h5-8,14-15H,1-4H3/p+1. The highest BCUT2D eigenvalue weighted by Gasteiger charge is 2.40. The minimum absolute atomic E-state index is 0.234. The van der Waals surface area contributed by atoms with Crippen molar-refractivity contribution < 1.29 is 14.9 Å². The van der Waals surface area contributed by atoms with Gasteiger partial charge in [-0.25, -0.2) is 0 Å². The SMILES string of the molecule is CC(C)([OH2+])C(C)(C)O[B]c1ccc(O)cc1. The average molecular weight is 222 g/mol. The molecule has 87 valence electrons. The van der Waals surface area contributed by atoms with Crippen LogP contribution in [-0.2, 0) is 4.65 Å². The van der Waals surface area contributed by atoms with Gasteiger partial charge < -0.3 is 14.9 Å². The van der Waals surface area contributed by atoms with E-state index in [4.69, 9.17) is 14.9 Å². The second-order valence-electron chi connectivity index (χ2n) is 4.96. The molecular formula is C12H19BO3+. The van der Waals surface area contributed by atoms with Gasteiger partial charge in [0.25, 0.3) is 0 Å². The van der Waals surface area contributed by atoms with Gasteiger partial charge in [-0.05, 0) is 26.0 Å². The van der Waals surface area contributed by atoms with Crippen LogP contribution in [0, 0.1) is 0 Å². The Morgan fingerprint density at radius 1 is 1.12 bits per heavy atom. The number of phenols is 1. The minimum atomic E-state index is -0.680. The smallest absolute Gasteiger partial charge is 0.331 e. The summed E-state index contributed by atoms with van der Waals surface area (Å²) in [4.78, 5) is 0. The highest BCUT2D eigenvalue weighted by molar-refractivity contribution is 6.47. The number of rotatable bonds is 4. The summed E-state index contributed by atoms with van der Waals surface area (Å²) in [5.41, 5.74) is -0.374. The van der Waals surface area contributed by atoms with Gasteiger partial charge in [-0.3, -0.25) is 0 Å². The number of benzene rings is 1. The molecule has 0 aliphatic rings. The molecule has 0 aliphatic carbocycles. The van der Waals surface area contributed by atoms with E-state index in [0.717, 1.165) is 5.46 Å². The summed E-state index contributed by atoms with van der Waals surface area (Å²) in [5.74, 6) is 0.234. The highest BCUT2D eigenvalue weighted by Crippen LogP contribution is 2.24. The summed E-state index contributed by atoms with van der Waals surface area (Å²) in [5, 5.41) is 17.1. The minimum Gasteiger partial charge on any atom is -0.508 e. The molecule has 1 aromatic carbocycles. The van der Waals surface area contributed by atoms with E-state index >= 15 is 0 Å². The third kappa shape index (κ3) is 3.25. The van der Waals surface area contributed by atoms with Gasteiger partial charge >= 0.3 is 7.48 Å². The molecule has 0 bridgehead atoms. The van der Waals surface area contributed by atoms with Crippen molar-refractivity contribution in [2.45, 2.75) is 38.9 Å². The molecule has 0 heterocycles. The zero-order chi connectivity index (χ0) is 12.4. The first kappa shape index (κ1) is 13.1. The summed E-state index contributed by atoms with van der Waals surface area (Å²) in [6, 6.07) is 6.74. The first-order chi connectivity index (χ1) is 7.22. The van der Waals surface area contributed by atoms with Crippen LogP contribution in [-0.4, -0.2) is 28.9 Å². The van der Waals surface area contributed by atoms with E-state index in [2.05, 4.69) is 0 Å². The lowest BCUT2D eigenvalue weighted by atomic mass is 9.83. The Bertz CT molecular complexity index is 338. The van der Waals surface area contributed by atoms with E-state index in [1.807, 2.05) is 27.7 Å². The van der Waals surface area contributed by atoms with Crippen LogP contribution in [0.3, 0.4) is 0 Å². The van der Waals surface area contributed by atoms with Gasteiger partial charge in [0, 0.05) is 13.8 Å². The fourth-order valence-electron chi connectivity index (χ4n) is 0.916. The Kier molecular flexibility index (Phi) is 3.66. The molecule has 0 spiro atoms. The number of phenolic OH excluding ortho intramolecular Hbond substituents is 1. The molecule has 0 saturated carbocycles. The number of hydrogen-bond donors (Lipinski definition) is 1. The lowest BCUT2D eigenvalue weighted by Crippen LogP contribution is -2.49. The monoisotopic (exact) mass is 222 g/mol. The normalized spacial score (nSPS) is 12.6. The quantitative estimate of drug-likeness (QED) is 0.608. The van der Waals surface area contributed by atoms with Crippen LogP contribution in [0.15, 0.2) is 24.3 Å². The molecule has 0 amide bonds. The summed E-state index contributed by atoms with van der Waals surface area (Å²) in [7, 11) is 1.62. The zero-order valence-electron chi connectivity index (χ0n) is 10.2. The third-order valence-corrected chi connectivity index (χ3v) is 2.89. The fraction of sp³-hybridized carbons (Fsp3) is 0.500. The van der Waals surface area contributed by atoms with Crippen LogP contribution in [0.2, 0.25) is 0 Å². The molecule has 0 unspecified atom stereocenters. The molecule has 16 heavy (non-hydrogen) atoms. The molecule has 1 aromatic rings. The van der Waals surface area contributed by atoms with Crippen LogP contribution in [0.25, 0.3) is 0 Å². The molecule has 0 aromatic heterocycles. The van der Waals surface area contributed by atoms with Gasteiger partial charge in [0.05, 0.1) is 0 Å². The first-order valence-electron chi connectivity index (χ1n) is 5.27. The molecule has 0 atom stereocenters. The summed E-state index contributed by atoms with van der Waals surface area (Å²) < 4.78 is 5.63. The van der Waals surface area contributed by atoms with Crippen molar-refractivity contribution in [3.05, 3.63) is 24.3 Å². The van der Waals surface area contributed by atoms with Crippen molar-refractivity contribution in [3.63, 3.8) is 0 Å². The number of hydrogen-bond acceptors (Lipinski definition) is 2. The van der Waals surface area contributed by atoms with E-state index in [1.165, 1.54) is 0 Å². The largest absolute Gasteiger partial charge is 0.508 e. The first-order valence-corrected chi connectivity index (χ1v) is 5.27. The lowest BCUT2D eigenvalue weighted by Gasteiger charge is -2.33. The Balaban J connectivity index is 2.61. The highest BCUT2D eigenvalue weighted by atomic mass is 16.5. The summed E-state index contributed by atoms with van der Waals surface area (Å²) >= 11 is 0. The van der Waals surface area contributed by atoms with Gasteiger partial charge in [-0.1, -0.05) is 17.6 Å². The van der Waals surface area contributed by atoms with Crippen LogP contribution in [0.4, 0.5) is 0 Å². The van der Waals surface area contributed by atoms with E-state index in [1.54, 1.807) is 31.7 Å². The molecular weight excluding hydrogens is 203 g/mol. The van der Waals surface area contributed by atoms with Gasteiger partial charge in [0.15, 0.2) is 5.60 Å². The molecule has 0 saturated heterocycles. The van der Waals surface area contributed by atoms with E-state index in [9.17, 15) is 0 Å². The Labute approximate surface area is 97.3 Å². The van der Waals surface area contributed by atoms with Crippen molar-refractivity contribution in [3.8, 4) is 5.75 Å². The molecule has 0 aliphatic heterocycles. The topological polar surface area (TPSA) is 52.4 Å². The van der Waals surface area contributed by atoms with E-state index in [0.29, 0.717) is 0 Å². The van der Waals surface area contributed by atoms with Gasteiger partial charge in [-0.15, -0.1) is 0 Å². The Morgan fingerprint density at radius 2 is 1.62 bits per heavy atom. The Hall–Kier alpha value is -0.995. The maximum absolute atomic E-state index is 9.13. The predicted molar refractivity (Wildman–Crippen MR) is 66.4 cm³/mol. The zero-order valence-corrected chi connectivity index (χ0v) is 10.2. The lowest BCUT2D eigenvalue weighted by molar-refractivity contribution is -0.0893. The second kappa shape index (κ2) is 4.48. The summed E-state index contributed by atoms with van der Waals surface area (Å²) in [6.07, 6.45) is 0. The van der Waals surface area contributed by atoms with Gasteiger partial charge in [0.1, 0.15) is 11.4 Å². The van der Waals surface area contributed by atoms with E-state index in [-0.39, 0.29) is 5.75 Å². The van der Waals surface area contributed by atoms with Crippen LogP contribution in [0.1, 0.15) is 27.7 Å². The average Bonchev–Trinajstić information content (AvgIpc) is 2.15. The van der Waals surface area contributed by atoms with Crippen molar-refractivity contribution in [1.82, 2.24) is 0 Å².